The summed E-state index contributed by atoms with van der Waals surface area (Å²) in [5.74, 6) is -0.144. The third-order valence-corrected chi connectivity index (χ3v) is 5.19. The molecule has 4 rings (SSSR count). The lowest BCUT2D eigenvalue weighted by Crippen LogP contribution is -2.09. The first-order valence-corrected chi connectivity index (χ1v) is 9.55. The third-order valence-electron chi connectivity index (χ3n) is 4.35. The molecule has 134 valence electrons. The van der Waals surface area contributed by atoms with Crippen molar-refractivity contribution in [1.82, 2.24) is 9.38 Å². The number of fused-ring (bicyclic) bond motifs is 1. The molecule has 4 nitrogen and oxygen atoms in total. The Bertz CT molecular complexity index is 1140. The zero-order valence-electron chi connectivity index (χ0n) is 15.1. The van der Waals surface area contributed by atoms with E-state index in [1.54, 1.807) is 17.4 Å². The molecule has 0 aliphatic carbocycles. The molecule has 27 heavy (non-hydrogen) atoms. The molecule has 3 aromatic heterocycles. The van der Waals surface area contributed by atoms with Crippen LogP contribution in [0, 0.1) is 13.8 Å². The number of aryl methyl sites for hydroxylation is 2. The summed E-state index contributed by atoms with van der Waals surface area (Å²) in [6.07, 6.45) is 7.39. The van der Waals surface area contributed by atoms with E-state index in [1.165, 1.54) is 5.56 Å². The van der Waals surface area contributed by atoms with Gasteiger partial charge < -0.3 is 9.72 Å². The van der Waals surface area contributed by atoms with Crippen LogP contribution in [-0.2, 0) is 4.79 Å². The van der Waals surface area contributed by atoms with Crippen LogP contribution >= 0.6 is 11.3 Å². The lowest BCUT2D eigenvalue weighted by atomic mass is 10.1. The van der Waals surface area contributed by atoms with Crippen molar-refractivity contribution in [3.05, 3.63) is 82.3 Å². The number of amides is 1. The molecule has 0 fully saturated rings. The van der Waals surface area contributed by atoms with Crippen LogP contribution in [0.1, 0.15) is 16.0 Å². The lowest BCUT2D eigenvalue weighted by Gasteiger charge is -2.08. The molecule has 5 heteroatoms. The second kappa shape index (κ2) is 7.21. The van der Waals surface area contributed by atoms with Crippen LogP contribution in [0.4, 0.5) is 5.69 Å². The molecule has 0 saturated heterocycles. The van der Waals surface area contributed by atoms with Crippen molar-refractivity contribution in [3.63, 3.8) is 0 Å². The van der Waals surface area contributed by atoms with Gasteiger partial charge in [-0.15, -0.1) is 11.3 Å². The number of aromatic nitrogens is 2. The molecule has 0 aliphatic heterocycles. The number of anilines is 1. The van der Waals surface area contributed by atoms with E-state index in [0.29, 0.717) is 0 Å². The summed E-state index contributed by atoms with van der Waals surface area (Å²) in [5, 5.41) is 4.96. The summed E-state index contributed by atoms with van der Waals surface area (Å²) in [4.78, 5) is 18.0. The van der Waals surface area contributed by atoms with E-state index in [1.807, 2.05) is 65.5 Å². The Hall–Kier alpha value is -3.18. The number of carbonyl (C=O) groups is 1. The molecule has 0 unspecified atom stereocenters. The lowest BCUT2D eigenvalue weighted by molar-refractivity contribution is -0.111. The zero-order chi connectivity index (χ0) is 18.8. The molecule has 3 heterocycles. The van der Waals surface area contributed by atoms with Gasteiger partial charge in [0.1, 0.15) is 5.65 Å². The molecular formula is C22H19N3OS. The SMILES string of the molecule is Cc1ccn2cc(-c3ccc(C)c(NC(=O)/C=C/c4cccs4)c3)nc2c1. The molecule has 0 bridgehead atoms. The molecule has 0 radical (unpaired) electrons. The van der Waals surface area contributed by atoms with Gasteiger partial charge in [0.25, 0.3) is 0 Å². The highest BCUT2D eigenvalue weighted by molar-refractivity contribution is 7.10. The number of hydrogen-bond acceptors (Lipinski definition) is 3. The van der Waals surface area contributed by atoms with Gasteiger partial charge in [0.15, 0.2) is 0 Å². The number of imidazole rings is 1. The van der Waals surface area contributed by atoms with Crippen molar-refractivity contribution in [1.29, 1.82) is 0 Å². The fourth-order valence-corrected chi connectivity index (χ4v) is 3.48. The fourth-order valence-electron chi connectivity index (χ4n) is 2.86. The van der Waals surface area contributed by atoms with Crippen molar-refractivity contribution in [3.8, 4) is 11.3 Å². The molecule has 0 saturated carbocycles. The van der Waals surface area contributed by atoms with Crippen LogP contribution in [0.25, 0.3) is 23.0 Å². The number of thiophene rings is 1. The highest BCUT2D eigenvalue weighted by Gasteiger charge is 2.08. The standard InChI is InChI=1S/C22H19N3OS/c1-15-9-10-25-14-20(23-21(25)12-15)17-6-5-16(2)19(13-17)24-22(26)8-7-18-4-3-11-27-18/h3-14H,1-2H3,(H,24,26)/b8-7+. The third kappa shape index (κ3) is 3.83. The Morgan fingerprint density at radius 2 is 2.07 bits per heavy atom. The van der Waals surface area contributed by atoms with E-state index in [4.69, 9.17) is 4.98 Å². The molecule has 0 aliphatic rings. The smallest absolute Gasteiger partial charge is 0.248 e. The van der Waals surface area contributed by atoms with Gasteiger partial charge in [-0.25, -0.2) is 4.98 Å². The minimum Gasteiger partial charge on any atom is -0.322 e. The van der Waals surface area contributed by atoms with Gasteiger partial charge in [-0.2, -0.15) is 0 Å². The number of carbonyl (C=O) groups excluding carboxylic acids is 1. The van der Waals surface area contributed by atoms with E-state index >= 15 is 0 Å². The number of pyridine rings is 1. The van der Waals surface area contributed by atoms with Gasteiger partial charge in [0.2, 0.25) is 5.91 Å². The first kappa shape index (κ1) is 17.2. The van der Waals surface area contributed by atoms with Crippen LogP contribution in [-0.4, -0.2) is 15.3 Å². The molecular weight excluding hydrogens is 354 g/mol. The monoisotopic (exact) mass is 373 g/mol. The number of benzene rings is 1. The minimum atomic E-state index is -0.144. The van der Waals surface area contributed by atoms with E-state index in [-0.39, 0.29) is 5.91 Å². The largest absolute Gasteiger partial charge is 0.322 e. The molecule has 1 amide bonds. The Balaban J connectivity index is 1.59. The number of rotatable bonds is 4. The first-order chi connectivity index (χ1) is 13.1. The molecule has 4 aromatic rings. The van der Waals surface area contributed by atoms with Crippen molar-refractivity contribution in [2.24, 2.45) is 0 Å². The van der Waals surface area contributed by atoms with Crippen LogP contribution in [0.3, 0.4) is 0 Å². The first-order valence-electron chi connectivity index (χ1n) is 8.67. The Labute approximate surface area is 161 Å². The van der Waals surface area contributed by atoms with Gasteiger partial charge in [-0.1, -0.05) is 18.2 Å². The van der Waals surface area contributed by atoms with E-state index in [2.05, 4.69) is 24.4 Å². The van der Waals surface area contributed by atoms with Gasteiger partial charge >= 0.3 is 0 Å². The average molecular weight is 373 g/mol. The number of nitrogens with one attached hydrogen (secondary N) is 1. The maximum Gasteiger partial charge on any atom is 0.248 e. The summed E-state index contributed by atoms with van der Waals surface area (Å²) in [6.45, 7) is 4.03. The van der Waals surface area contributed by atoms with Crippen molar-refractivity contribution in [2.75, 3.05) is 5.32 Å². The minimum absolute atomic E-state index is 0.144. The quantitative estimate of drug-likeness (QED) is 0.491. The summed E-state index contributed by atoms with van der Waals surface area (Å²) in [5.41, 5.74) is 5.74. The predicted molar refractivity (Wildman–Crippen MR) is 112 cm³/mol. The Morgan fingerprint density at radius 1 is 1.19 bits per heavy atom. The van der Waals surface area contributed by atoms with E-state index in [0.717, 1.165) is 33.0 Å². The van der Waals surface area contributed by atoms with Gasteiger partial charge in [-0.3, -0.25) is 4.79 Å². The normalized spacial score (nSPS) is 11.3. The van der Waals surface area contributed by atoms with Crippen LogP contribution in [0.2, 0.25) is 0 Å². The molecule has 0 atom stereocenters. The van der Waals surface area contributed by atoms with Crippen LogP contribution in [0.15, 0.2) is 66.3 Å². The van der Waals surface area contributed by atoms with Crippen molar-refractivity contribution >= 4 is 34.7 Å². The fraction of sp³-hybridized carbons (Fsp3) is 0.0909. The maximum absolute atomic E-state index is 12.3. The number of nitrogens with zero attached hydrogens (tertiary/aromatic N) is 2. The maximum atomic E-state index is 12.3. The van der Waals surface area contributed by atoms with E-state index < -0.39 is 0 Å². The highest BCUT2D eigenvalue weighted by atomic mass is 32.1. The van der Waals surface area contributed by atoms with Gasteiger partial charge in [0.05, 0.1) is 5.69 Å². The number of hydrogen-bond donors (Lipinski definition) is 1. The summed E-state index contributed by atoms with van der Waals surface area (Å²) >= 11 is 1.60. The Kier molecular flexibility index (Phi) is 4.60. The second-order valence-electron chi connectivity index (χ2n) is 6.46. The topological polar surface area (TPSA) is 46.4 Å². The molecule has 1 aromatic carbocycles. The molecule has 1 N–H and O–H groups in total. The summed E-state index contributed by atoms with van der Waals surface area (Å²) in [7, 11) is 0. The van der Waals surface area contributed by atoms with Crippen molar-refractivity contribution in [2.45, 2.75) is 13.8 Å². The van der Waals surface area contributed by atoms with Gasteiger partial charge in [-0.05, 0) is 60.7 Å². The van der Waals surface area contributed by atoms with Crippen LogP contribution in [0.5, 0.6) is 0 Å². The van der Waals surface area contributed by atoms with Crippen LogP contribution < -0.4 is 5.32 Å². The molecule has 0 spiro atoms. The highest BCUT2D eigenvalue weighted by Crippen LogP contribution is 2.25. The predicted octanol–water partition coefficient (Wildman–Crippen LogP) is 5.33. The second-order valence-corrected chi connectivity index (χ2v) is 7.44. The Morgan fingerprint density at radius 3 is 2.89 bits per heavy atom. The summed E-state index contributed by atoms with van der Waals surface area (Å²) in [6, 6.07) is 14.1. The van der Waals surface area contributed by atoms with Gasteiger partial charge in [0, 0.05) is 34.6 Å². The average Bonchev–Trinajstić information content (AvgIpc) is 3.31. The van der Waals surface area contributed by atoms with Crippen molar-refractivity contribution < 1.29 is 4.79 Å². The zero-order valence-corrected chi connectivity index (χ0v) is 16.0. The summed E-state index contributed by atoms with van der Waals surface area (Å²) < 4.78 is 2.00. The van der Waals surface area contributed by atoms with E-state index in [9.17, 15) is 4.79 Å².